The van der Waals surface area contributed by atoms with Crippen LogP contribution >= 0.6 is 0 Å². The van der Waals surface area contributed by atoms with Gasteiger partial charge in [0.15, 0.2) is 0 Å². The minimum atomic E-state index is -0.879. The molecule has 0 unspecified atom stereocenters. The van der Waals surface area contributed by atoms with Crippen LogP contribution in [0.2, 0.25) is 0 Å². The second-order valence-corrected chi connectivity index (χ2v) is 4.86. The first-order chi connectivity index (χ1) is 6.88. The first-order valence-corrected chi connectivity index (χ1v) is 4.93. The molecule has 2 heterocycles. The Bertz CT molecular complexity index is 380. The van der Waals surface area contributed by atoms with E-state index >= 15 is 0 Å². The molecule has 5 heteroatoms. The Kier molecular flexibility index (Phi) is 1.99. The maximum Gasteiger partial charge on any atom is 0.407 e. The van der Waals surface area contributed by atoms with Gasteiger partial charge < -0.3 is 5.11 Å². The van der Waals surface area contributed by atoms with Crippen molar-refractivity contribution >= 4 is 6.09 Å². The molecule has 1 aliphatic heterocycles. The summed E-state index contributed by atoms with van der Waals surface area (Å²) >= 11 is 0. The van der Waals surface area contributed by atoms with Crippen molar-refractivity contribution in [1.29, 1.82) is 0 Å². The molecule has 0 radical (unpaired) electrons. The van der Waals surface area contributed by atoms with Crippen molar-refractivity contribution in [1.82, 2.24) is 14.7 Å². The predicted octanol–water partition coefficient (Wildman–Crippen LogP) is 1.63. The van der Waals surface area contributed by atoms with Crippen molar-refractivity contribution in [2.45, 2.75) is 39.4 Å². The Morgan fingerprint density at radius 1 is 1.47 bits per heavy atom. The first kappa shape index (κ1) is 10.0. The number of fused-ring (bicyclic) bond motifs is 1. The van der Waals surface area contributed by atoms with Crippen LogP contribution in [-0.4, -0.2) is 25.9 Å². The maximum atomic E-state index is 10.7. The molecule has 2 rings (SSSR count). The number of rotatable bonds is 0. The van der Waals surface area contributed by atoms with Crippen LogP contribution in [0.5, 0.6) is 0 Å². The van der Waals surface area contributed by atoms with Gasteiger partial charge >= 0.3 is 6.09 Å². The number of nitrogens with zero attached hydrogens (tertiary/aromatic N) is 3. The molecule has 0 aromatic carbocycles. The zero-order chi connectivity index (χ0) is 11.2. The van der Waals surface area contributed by atoms with Crippen molar-refractivity contribution in [3.05, 3.63) is 17.5 Å². The molecule has 1 aromatic heterocycles. The number of hydrogen-bond donors (Lipinski definition) is 1. The van der Waals surface area contributed by atoms with Crippen molar-refractivity contribution in [3.8, 4) is 0 Å². The van der Waals surface area contributed by atoms with Crippen molar-refractivity contribution in [2.75, 3.05) is 0 Å². The number of carbonyl (C=O) groups is 1. The van der Waals surface area contributed by atoms with Gasteiger partial charge in [-0.15, -0.1) is 0 Å². The lowest BCUT2D eigenvalue weighted by molar-refractivity contribution is 0.144. The van der Waals surface area contributed by atoms with Gasteiger partial charge in [0.2, 0.25) is 0 Å². The highest BCUT2D eigenvalue weighted by Crippen LogP contribution is 2.24. The van der Waals surface area contributed by atoms with E-state index in [2.05, 4.69) is 25.9 Å². The molecular weight excluding hydrogens is 194 g/mol. The summed E-state index contributed by atoms with van der Waals surface area (Å²) in [6.45, 7) is 7.09. The lowest BCUT2D eigenvalue weighted by atomic mass is 10.1. The smallest absolute Gasteiger partial charge is 0.407 e. The summed E-state index contributed by atoms with van der Waals surface area (Å²) in [5, 5.41) is 13.2. The van der Waals surface area contributed by atoms with Crippen molar-refractivity contribution < 1.29 is 9.90 Å². The lowest BCUT2D eigenvalue weighted by Gasteiger charge is -2.20. The average Bonchev–Trinajstić information content (AvgIpc) is 2.55. The Morgan fingerprint density at radius 2 is 2.13 bits per heavy atom. The summed E-state index contributed by atoms with van der Waals surface area (Å²) in [4.78, 5) is 12.1. The molecule has 0 saturated heterocycles. The second kappa shape index (κ2) is 2.98. The van der Waals surface area contributed by atoms with Crippen LogP contribution in [0.3, 0.4) is 0 Å². The fourth-order valence-electron chi connectivity index (χ4n) is 1.63. The highest BCUT2D eigenvalue weighted by Gasteiger charge is 2.27. The van der Waals surface area contributed by atoms with Gasteiger partial charge in [-0.25, -0.2) is 4.79 Å². The van der Waals surface area contributed by atoms with E-state index in [1.165, 1.54) is 4.90 Å². The van der Waals surface area contributed by atoms with Crippen LogP contribution in [0.25, 0.3) is 0 Å². The fraction of sp³-hybridized carbons (Fsp3) is 0.600. The van der Waals surface area contributed by atoms with Gasteiger partial charge in [-0.3, -0.25) is 9.58 Å². The number of amides is 1. The molecule has 0 saturated carbocycles. The Balaban J connectivity index is 2.23. The van der Waals surface area contributed by atoms with Crippen LogP contribution in [0.1, 0.15) is 32.0 Å². The van der Waals surface area contributed by atoms with Crippen LogP contribution in [0.4, 0.5) is 4.79 Å². The van der Waals surface area contributed by atoms with E-state index in [1.807, 2.05) is 10.9 Å². The predicted molar refractivity (Wildman–Crippen MR) is 54.5 cm³/mol. The zero-order valence-electron chi connectivity index (χ0n) is 9.19. The lowest BCUT2D eigenvalue weighted by Crippen LogP contribution is -2.26. The molecule has 0 fully saturated rings. The molecule has 15 heavy (non-hydrogen) atoms. The minimum Gasteiger partial charge on any atom is -0.465 e. The summed E-state index contributed by atoms with van der Waals surface area (Å²) in [7, 11) is 0. The van der Waals surface area contributed by atoms with E-state index in [0.717, 1.165) is 11.3 Å². The molecule has 82 valence electrons. The first-order valence-electron chi connectivity index (χ1n) is 4.93. The second-order valence-electron chi connectivity index (χ2n) is 4.86. The quantitative estimate of drug-likeness (QED) is 0.706. The molecule has 1 aliphatic rings. The Hall–Kier alpha value is -1.52. The van der Waals surface area contributed by atoms with E-state index in [-0.39, 0.29) is 5.54 Å². The molecular formula is C10H15N3O2. The molecule has 5 nitrogen and oxygen atoms in total. The monoisotopic (exact) mass is 209 g/mol. The topological polar surface area (TPSA) is 58.4 Å². The molecule has 1 aromatic rings. The van der Waals surface area contributed by atoms with Crippen LogP contribution in [-0.2, 0) is 18.6 Å². The zero-order valence-corrected chi connectivity index (χ0v) is 9.19. The van der Waals surface area contributed by atoms with Crippen LogP contribution < -0.4 is 0 Å². The fourth-order valence-corrected chi connectivity index (χ4v) is 1.63. The summed E-state index contributed by atoms with van der Waals surface area (Å²) in [5.74, 6) is 0. The highest BCUT2D eigenvalue weighted by atomic mass is 16.4. The van der Waals surface area contributed by atoms with E-state index in [1.54, 1.807) is 0 Å². The third-order valence-electron chi connectivity index (χ3n) is 2.54. The number of carboxylic acid groups (broad SMARTS) is 1. The van der Waals surface area contributed by atoms with Gasteiger partial charge in [0.1, 0.15) is 0 Å². The molecule has 0 atom stereocenters. The van der Waals surface area contributed by atoms with E-state index in [4.69, 9.17) is 5.11 Å². The largest absolute Gasteiger partial charge is 0.465 e. The summed E-state index contributed by atoms with van der Waals surface area (Å²) in [5.41, 5.74) is 1.86. The maximum absolute atomic E-state index is 10.7. The SMILES string of the molecule is CC(C)(C)n1cc2c(n1)CN(C(=O)O)C2. The Morgan fingerprint density at radius 3 is 2.60 bits per heavy atom. The molecule has 0 spiro atoms. The minimum absolute atomic E-state index is 0.0433. The summed E-state index contributed by atoms with van der Waals surface area (Å²) in [6.07, 6.45) is 1.06. The van der Waals surface area contributed by atoms with Crippen molar-refractivity contribution in [2.24, 2.45) is 0 Å². The highest BCUT2D eigenvalue weighted by molar-refractivity contribution is 5.66. The molecule has 1 N–H and O–H groups in total. The van der Waals surface area contributed by atoms with Crippen molar-refractivity contribution in [3.63, 3.8) is 0 Å². The Labute approximate surface area is 88.3 Å². The van der Waals surface area contributed by atoms with Gasteiger partial charge in [0.05, 0.1) is 24.3 Å². The molecule has 0 aliphatic carbocycles. The van der Waals surface area contributed by atoms with Gasteiger partial charge in [-0.1, -0.05) is 0 Å². The van der Waals surface area contributed by atoms with Crippen LogP contribution in [0, 0.1) is 0 Å². The van der Waals surface area contributed by atoms with E-state index in [9.17, 15) is 4.79 Å². The number of hydrogen-bond acceptors (Lipinski definition) is 2. The standard InChI is InChI=1S/C10H15N3O2/c1-10(2,3)13-5-7-4-12(9(14)15)6-8(7)11-13/h5H,4,6H2,1-3H3,(H,14,15). The third-order valence-corrected chi connectivity index (χ3v) is 2.54. The molecule has 0 bridgehead atoms. The van der Waals surface area contributed by atoms with Gasteiger partial charge in [-0.2, -0.15) is 5.10 Å². The van der Waals surface area contributed by atoms with E-state index < -0.39 is 6.09 Å². The van der Waals surface area contributed by atoms with Gasteiger partial charge in [0.25, 0.3) is 0 Å². The van der Waals surface area contributed by atoms with Crippen LogP contribution in [0.15, 0.2) is 6.20 Å². The van der Waals surface area contributed by atoms with E-state index in [0.29, 0.717) is 13.1 Å². The summed E-state index contributed by atoms with van der Waals surface area (Å²) < 4.78 is 1.90. The average molecular weight is 209 g/mol. The third kappa shape index (κ3) is 1.69. The normalized spacial score (nSPS) is 15.5. The number of aromatic nitrogens is 2. The molecule has 1 amide bonds. The summed E-state index contributed by atoms with van der Waals surface area (Å²) in [6, 6.07) is 0. The van der Waals surface area contributed by atoms with Gasteiger partial charge in [0, 0.05) is 11.8 Å². The van der Waals surface area contributed by atoms with Gasteiger partial charge in [-0.05, 0) is 20.8 Å².